The Morgan fingerprint density at radius 1 is 1.08 bits per heavy atom. The van der Waals surface area contributed by atoms with Crippen LogP contribution in [0.3, 0.4) is 0 Å². The number of aryl methyl sites for hydroxylation is 2. The summed E-state index contributed by atoms with van der Waals surface area (Å²) >= 11 is 5.88. The van der Waals surface area contributed by atoms with Crippen LogP contribution in [0.5, 0.6) is 17.2 Å². The maximum Gasteiger partial charge on any atom is 0.236 e. The lowest BCUT2D eigenvalue weighted by atomic mass is 9.78. The number of anilines is 2. The first-order valence-corrected chi connectivity index (χ1v) is 13.3. The number of thiocarbonyl (C=S) groups is 1. The molecule has 2 N–H and O–H groups in total. The van der Waals surface area contributed by atoms with E-state index in [4.69, 9.17) is 26.4 Å². The van der Waals surface area contributed by atoms with E-state index in [2.05, 4.69) is 16.7 Å². The highest BCUT2D eigenvalue weighted by Gasteiger charge is 2.59. The van der Waals surface area contributed by atoms with Crippen molar-refractivity contribution in [1.82, 2.24) is 5.32 Å². The maximum atomic E-state index is 14.1. The average Bonchev–Trinajstić information content (AvgIpc) is 2.87. The number of carbonyl (C=O) groups excluding carboxylic acids is 1. The monoisotopic (exact) mass is 531 g/mol. The number of nitrogens with zero attached hydrogens (tertiary/aromatic N) is 1. The lowest BCUT2D eigenvalue weighted by Crippen LogP contribution is -2.72. The number of hydrogen-bond acceptors (Lipinski definition) is 5. The fourth-order valence-electron chi connectivity index (χ4n) is 5.45. The fraction of sp³-hybridized carbons (Fsp3) is 0.333. The Kier molecular flexibility index (Phi) is 6.92. The van der Waals surface area contributed by atoms with E-state index in [-0.39, 0.29) is 5.91 Å². The summed E-state index contributed by atoms with van der Waals surface area (Å²) in [6.07, 6.45) is 0. The molecule has 3 aromatic rings. The summed E-state index contributed by atoms with van der Waals surface area (Å²) in [6, 6.07) is 19.0. The van der Waals surface area contributed by atoms with Crippen molar-refractivity contribution in [2.75, 3.05) is 23.4 Å². The molecule has 0 spiro atoms. The molecular formula is C30H33N3O4S. The highest BCUT2D eigenvalue weighted by atomic mass is 32.1. The lowest BCUT2D eigenvalue weighted by Gasteiger charge is -2.56. The van der Waals surface area contributed by atoms with E-state index in [1.54, 1.807) is 0 Å². The molecule has 7 nitrogen and oxygen atoms in total. The molecule has 38 heavy (non-hydrogen) atoms. The fourth-order valence-corrected chi connectivity index (χ4v) is 5.86. The van der Waals surface area contributed by atoms with Gasteiger partial charge in [-0.3, -0.25) is 9.69 Å². The van der Waals surface area contributed by atoms with Gasteiger partial charge >= 0.3 is 0 Å². The van der Waals surface area contributed by atoms with Crippen LogP contribution in [-0.2, 0) is 4.79 Å². The van der Waals surface area contributed by atoms with Gasteiger partial charge in [0.2, 0.25) is 5.91 Å². The number of ether oxygens (including phenoxy) is 3. The third-order valence-corrected chi connectivity index (χ3v) is 7.42. The van der Waals surface area contributed by atoms with Crippen LogP contribution in [0.1, 0.15) is 43.5 Å². The maximum absolute atomic E-state index is 14.1. The minimum Gasteiger partial charge on any atom is -0.494 e. The van der Waals surface area contributed by atoms with Crippen LogP contribution >= 0.6 is 12.2 Å². The summed E-state index contributed by atoms with van der Waals surface area (Å²) < 4.78 is 18.4. The molecule has 0 unspecified atom stereocenters. The molecule has 2 aliphatic heterocycles. The van der Waals surface area contributed by atoms with Gasteiger partial charge < -0.3 is 24.8 Å². The lowest BCUT2D eigenvalue weighted by molar-refractivity contribution is -0.130. The van der Waals surface area contributed by atoms with Crippen LogP contribution in [0, 0.1) is 19.8 Å². The minimum atomic E-state index is -1.15. The number of carbonyl (C=O) groups is 1. The average molecular weight is 532 g/mol. The molecule has 0 saturated carbocycles. The van der Waals surface area contributed by atoms with E-state index in [9.17, 15) is 4.79 Å². The molecule has 3 atom stereocenters. The second kappa shape index (κ2) is 10.2. The molecule has 1 amide bonds. The predicted octanol–water partition coefficient (Wildman–Crippen LogP) is 5.90. The van der Waals surface area contributed by atoms with Gasteiger partial charge in [-0.05, 0) is 88.8 Å². The summed E-state index contributed by atoms with van der Waals surface area (Å²) in [5.74, 6) is 1.20. The van der Waals surface area contributed by atoms with E-state index < -0.39 is 17.7 Å². The summed E-state index contributed by atoms with van der Waals surface area (Å²) in [5, 5.41) is 7.10. The summed E-state index contributed by atoms with van der Waals surface area (Å²) in [7, 11) is 0. The van der Waals surface area contributed by atoms with E-state index in [0.717, 1.165) is 33.8 Å². The minimum absolute atomic E-state index is 0.164. The Bertz CT molecular complexity index is 1380. The SMILES string of the molecule is CCOc1ccc(N2C(=S)N[C@H]3c4cccc(OCC)c4O[C@@]2(C)[C@@H]3C(=O)Nc2ccc(C)cc2C)cc1. The van der Waals surface area contributed by atoms with Gasteiger partial charge in [0, 0.05) is 16.9 Å². The number of nitrogens with one attached hydrogen (secondary N) is 2. The zero-order chi connectivity index (χ0) is 27.0. The third kappa shape index (κ3) is 4.43. The highest BCUT2D eigenvalue weighted by molar-refractivity contribution is 7.80. The Hall–Kier alpha value is -3.78. The second-order valence-corrected chi connectivity index (χ2v) is 10.1. The van der Waals surface area contributed by atoms with Crippen molar-refractivity contribution in [2.45, 2.75) is 46.4 Å². The van der Waals surface area contributed by atoms with Crippen LogP contribution in [0.4, 0.5) is 11.4 Å². The van der Waals surface area contributed by atoms with Gasteiger partial charge in [0.25, 0.3) is 0 Å². The molecule has 8 heteroatoms. The predicted molar refractivity (Wildman–Crippen MR) is 153 cm³/mol. The molecular weight excluding hydrogens is 498 g/mol. The topological polar surface area (TPSA) is 72.1 Å². The van der Waals surface area contributed by atoms with Crippen molar-refractivity contribution in [3.8, 4) is 17.2 Å². The quantitative estimate of drug-likeness (QED) is 0.368. The van der Waals surface area contributed by atoms with E-state index in [0.29, 0.717) is 29.8 Å². The molecule has 3 aromatic carbocycles. The molecule has 1 saturated heterocycles. The first kappa shape index (κ1) is 25.9. The van der Waals surface area contributed by atoms with Crippen molar-refractivity contribution in [3.05, 3.63) is 77.4 Å². The van der Waals surface area contributed by atoms with E-state index >= 15 is 0 Å². The molecule has 198 valence electrons. The molecule has 2 aliphatic rings. The van der Waals surface area contributed by atoms with Gasteiger partial charge in [0.15, 0.2) is 22.3 Å². The molecule has 5 rings (SSSR count). The largest absolute Gasteiger partial charge is 0.494 e. The molecule has 0 aliphatic carbocycles. The zero-order valence-electron chi connectivity index (χ0n) is 22.3. The van der Waals surface area contributed by atoms with Gasteiger partial charge in [-0.2, -0.15) is 0 Å². The zero-order valence-corrected chi connectivity index (χ0v) is 23.1. The van der Waals surface area contributed by atoms with E-state index in [1.807, 2.05) is 94.1 Å². The smallest absolute Gasteiger partial charge is 0.236 e. The van der Waals surface area contributed by atoms with Crippen LogP contribution in [0.25, 0.3) is 0 Å². The van der Waals surface area contributed by atoms with Gasteiger partial charge in [-0.1, -0.05) is 29.8 Å². The Balaban J connectivity index is 1.62. The Morgan fingerprint density at radius 2 is 1.82 bits per heavy atom. The van der Waals surface area contributed by atoms with E-state index in [1.165, 1.54) is 0 Å². The standard InChI is InChI=1S/C30H33N3O4S/c1-6-35-21-14-12-20(13-15-21)33-29(38)32-26-22-9-8-10-24(36-7-2)27(22)37-30(33,5)25(26)28(34)31-23-16-11-18(3)17-19(23)4/h8-17,25-26H,6-7H2,1-5H3,(H,31,34)(H,32,38)/t25-,26-,30-/m0/s1. The van der Waals surface area contributed by atoms with Crippen LogP contribution in [-0.4, -0.2) is 30.0 Å². The van der Waals surface area contributed by atoms with Gasteiger partial charge in [-0.15, -0.1) is 0 Å². The second-order valence-electron chi connectivity index (χ2n) is 9.74. The first-order valence-electron chi connectivity index (χ1n) is 12.9. The molecule has 0 aromatic heterocycles. The Labute approximate surface area is 229 Å². The summed E-state index contributed by atoms with van der Waals surface area (Å²) in [5.41, 5.74) is 3.37. The summed E-state index contributed by atoms with van der Waals surface area (Å²) in [6.45, 7) is 10.9. The number of amides is 1. The van der Waals surface area contributed by atoms with Crippen LogP contribution < -0.4 is 29.7 Å². The summed E-state index contributed by atoms with van der Waals surface area (Å²) in [4.78, 5) is 16.0. The molecule has 2 bridgehead atoms. The van der Waals surface area contributed by atoms with Crippen molar-refractivity contribution >= 4 is 34.6 Å². The van der Waals surface area contributed by atoms with Crippen LogP contribution in [0.2, 0.25) is 0 Å². The van der Waals surface area contributed by atoms with Gasteiger partial charge in [0.05, 0.1) is 19.3 Å². The van der Waals surface area contributed by atoms with Gasteiger partial charge in [0.1, 0.15) is 11.7 Å². The normalized spacial score (nSPS) is 21.6. The first-order chi connectivity index (χ1) is 18.3. The molecule has 1 fully saturated rings. The van der Waals surface area contributed by atoms with Crippen molar-refractivity contribution in [3.63, 3.8) is 0 Å². The van der Waals surface area contributed by atoms with Crippen LogP contribution in [0.15, 0.2) is 60.7 Å². The molecule has 2 heterocycles. The van der Waals surface area contributed by atoms with Crippen molar-refractivity contribution < 1.29 is 19.0 Å². The van der Waals surface area contributed by atoms with Crippen molar-refractivity contribution in [2.24, 2.45) is 5.92 Å². The number of benzene rings is 3. The number of para-hydroxylation sites is 1. The number of rotatable bonds is 7. The van der Waals surface area contributed by atoms with Crippen molar-refractivity contribution in [1.29, 1.82) is 0 Å². The highest BCUT2D eigenvalue weighted by Crippen LogP contribution is 2.52. The number of fused-ring (bicyclic) bond motifs is 4. The number of hydrogen-bond donors (Lipinski definition) is 2. The third-order valence-electron chi connectivity index (χ3n) is 7.12. The van der Waals surface area contributed by atoms with Gasteiger partial charge in [-0.25, -0.2) is 0 Å². The Morgan fingerprint density at radius 3 is 2.50 bits per heavy atom. The molecule has 0 radical (unpaired) electrons.